The standard InChI is InChI=1S/C13H9BrClFN2O/c14-7-1-3-9(13(17)18)12(5-7)19-8-2-4-10(15)11(16)6-8/h1-6H,(H3,17,18). The van der Waals surface area contributed by atoms with Gasteiger partial charge >= 0.3 is 0 Å². The molecule has 0 aliphatic carbocycles. The van der Waals surface area contributed by atoms with Crippen LogP contribution in [0.25, 0.3) is 0 Å². The Balaban J connectivity index is 2.39. The van der Waals surface area contributed by atoms with Crippen molar-refractivity contribution in [3.8, 4) is 11.5 Å². The molecule has 0 saturated carbocycles. The molecule has 0 aliphatic rings. The lowest BCUT2D eigenvalue weighted by molar-refractivity contribution is 0.475. The molecule has 0 aromatic heterocycles. The predicted molar refractivity (Wildman–Crippen MR) is 76.6 cm³/mol. The normalized spacial score (nSPS) is 10.3. The number of amidine groups is 1. The van der Waals surface area contributed by atoms with Crippen LogP contribution in [0.4, 0.5) is 4.39 Å². The molecule has 3 N–H and O–H groups in total. The van der Waals surface area contributed by atoms with Crippen molar-refractivity contribution in [1.29, 1.82) is 5.41 Å². The van der Waals surface area contributed by atoms with Gasteiger partial charge in [-0.15, -0.1) is 0 Å². The molecule has 6 heteroatoms. The van der Waals surface area contributed by atoms with E-state index in [1.165, 1.54) is 18.2 Å². The first-order valence-corrected chi connectivity index (χ1v) is 6.41. The molecule has 0 heterocycles. The number of ether oxygens (including phenoxy) is 1. The molecule has 0 saturated heterocycles. The maximum atomic E-state index is 13.3. The second-order valence-electron chi connectivity index (χ2n) is 3.73. The number of hydrogen-bond donors (Lipinski definition) is 2. The van der Waals surface area contributed by atoms with Gasteiger partial charge in [-0.05, 0) is 30.3 Å². The summed E-state index contributed by atoms with van der Waals surface area (Å²) in [5, 5.41) is 7.50. The lowest BCUT2D eigenvalue weighted by atomic mass is 10.2. The van der Waals surface area contributed by atoms with E-state index in [-0.39, 0.29) is 16.6 Å². The molecular weight excluding hydrogens is 335 g/mol. The van der Waals surface area contributed by atoms with Crippen LogP contribution in [0.3, 0.4) is 0 Å². The van der Waals surface area contributed by atoms with E-state index in [1.807, 2.05) is 0 Å². The molecule has 0 spiro atoms. The molecule has 0 amide bonds. The van der Waals surface area contributed by atoms with Gasteiger partial charge < -0.3 is 10.5 Å². The Morgan fingerprint density at radius 3 is 2.63 bits per heavy atom. The second kappa shape index (κ2) is 5.59. The Kier molecular flexibility index (Phi) is 4.07. The van der Waals surface area contributed by atoms with Crippen molar-refractivity contribution in [2.24, 2.45) is 5.73 Å². The number of hydrogen-bond acceptors (Lipinski definition) is 2. The van der Waals surface area contributed by atoms with Gasteiger partial charge in [-0.2, -0.15) is 0 Å². The number of nitrogens with two attached hydrogens (primary N) is 1. The first-order chi connectivity index (χ1) is 8.97. The van der Waals surface area contributed by atoms with Crippen molar-refractivity contribution in [3.05, 3.63) is 57.3 Å². The number of nitrogens with one attached hydrogen (secondary N) is 1. The van der Waals surface area contributed by atoms with Crippen molar-refractivity contribution in [2.75, 3.05) is 0 Å². The highest BCUT2D eigenvalue weighted by molar-refractivity contribution is 9.10. The van der Waals surface area contributed by atoms with Crippen LogP contribution in [0.5, 0.6) is 11.5 Å². The third-order valence-corrected chi connectivity index (χ3v) is 3.15. The SMILES string of the molecule is N=C(N)c1ccc(Br)cc1Oc1ccc(Cl)c(F)c1. The molecule has 3 nitrogen and oxygen atoms in total. The maximum absolute atomic E-state index is 13.3. The van der Waals surface area contributed by atoms with Gasteiger partial charge in [0.15, 0.2) is 0 Å². The van der Waals surface area contributed by atoms with Crippen molar-refractivity contribution in [2.45, 2.75) is 0 Å². The van der Waals surface area contributed by atoms with Crippen LogP contribution in [0.1, 0.15) is 5.56 Å². The van der Waals surface area contributed by atoms with Gasteiger partial charge in [0.1, 0.15) is 23.2 Å². The van der Waals surface area contributed by atoms with E-state index in [2.05, 4.69) is 15.9 Å². The Hall–Kier alpha value is -1.59. The van der Waals surface area contributed by atoms with Crippen molar-refractivity contribution in [3.63, 3.8) is 0 Å². The fourth-order valence-electron chi connectivity index (χ4n) is 1.47. The molecule has 2 aromatic rings. The minimum absolute atomic E-state index is 0.0217. The third kappa shape index (κ3) is 3.24. The van der Waals surface area contributed by atoms with Crippen LogP contribution in [0.15, 0.2) is 40.9 Å². The summed E-state index contributed by atoms with van der Waals surface area (Å²) in [5.41, 5.74) is 5.89. The first-order valence-electron chi connectivity index (χ1n) is 5.24. The number of nitrogen functional groups attached to an aromatic ring is 1. The third-order valence-electron chi connectivity index (χ3n) is 2.35. The smallest absolute Gasteiger partial charge is 0.145 e. The lowest BCUT2D eigenvalue weighted by Gasteiger charge is -2.11. The van der Waals surface area contributed by atoms with Crippen LogP contribution >= 0.6 is 27.5 Å². The molecule has 19 heavy (non-hydrogen) atoms. The molecule has 2 rings (SSSR count). The van der Waals surface area contributed by atoms with Crippen molar-refractivity contribution in [1.82, 2.24) is 0 Å². The fourth-order valence-corrected chi connectivity index (χ4v) is 1.93. The molecule has 98 valence electrons. The zero-order valence-corrected chi connectivity index (χ0v) is 11.9. The van der Waals surface area contributed by atoms with E-state index >= 15 is 0 Å². The molecule has 0 fully saturated rings. The van der Waals surface area contributed by atoms with Gasteiger partial charge in [-0.1, -0.05) is 27.5 Å². The largest absolute Gasteiger partial charge is 0.456 e. The molecule has 0 bridgehead atoms. The molecule has 0 radical (unpaired) electrons. The number of benzene rings is 2. The summed E-state index contributed by atoms with van der Waals surface area (Å²) in [6.07, 6.45) is 0. The average Bonchev–Trinajstić information content (AvgIpc) is 2.33. The van der Waals surface area contributed by atoms with E-state index in [9.17, 15) is 4.39 Å². The van der Waals surface area contributed by atoms with E-state index in [4.69, 9.17) is 27.5 Å². The summed E-state index contributed by atoms with van der Waals surface area (Å²) < 4.78 is 19.6. The van der Waals surface area contributed by atoms with E-state index < -0.39 is 5.82 Å². The number of rotatable bonds is 3. The number of halogens is 3. The van der Waals surface area contributed by atoms with E-state index in [1.54, 1.807) is 18.2 Å². The summed E-state index contributed by atoms with van der Waals surface area (Å²) in [7, 11) is 0. The Morgan fingerprint density at radius 2 is 2.00 bits per heavy atom. The first kappa shape index (κ1) is 13.8. The molecule has 0 atom stereocenters. The fraction of sp³-hybridized carbons (Fsp3) is 0. The van der Waals surface area contributed by atoms with Gasteiger partial charge in [0.05, 0.1) is 10.6 Å². The minimum atomic E-state index is -0.571. The van der Waals surface area contributed by atoms with Crippen LogP contribution in [-0.4, -0.2) is 5.84 Å². The summed E-state index contributed by atoms with van der Waals surface area (Å²) in [5.74, 6) is -0.0541. The quantitative estimate of drug-likeness (QED) is 0.644. The van der Waals surface area contributed by atoms with Crippen molar-refractivity contribution >= 4 is 33.4 Å². The highest BCUT2D eigenvalue weighted by atomic mass is 79.9. The van der Waals surface area contributed by atoms with Crippen LogP contribution in [-0.2, 0) is 0 Å². The van der Waals surface area contributed by atoms with Crippen LogP contribution < -0.4 is 10.5 Å². The molecule has 0 aliphatic heterocycles. The van der Waals surface area contributed by atoms with Gasteiger partial charge in [0, 0.05) is 10.5 Å². The van der Waals surface area contributed by atoms with E-state index in [0.29, 0.717) is 11.3 Å². The average molecular weight is 344 g/mol. The second-order valence-corrected chi connectivity index (χ2v) is 5.06. The van der Waals surface area contributed by atoms with Crippen LogP contribution in [0.2, 0.25) is 5.02 Å². The summed E-state index contributed by atoms with van der Waals surface area (Å²) >= 11 is 8.90. The molecule has 2 aromatic carbocycles. The predicted octanol–water partition coefficient (Wildman–Crippen LogP) is 4.32. The van der Waals surface area contributed by atoms with E-state index in [0.717, 1.165) is 4.47 Å². The summed E-state index contributed by atoms with van der Waals surface area (Å²) in [4.78, 5) is 0. The maximum Gasteiger partial charge on any atom is 0.145 e. The Labute approximate surface area is 122 Å². The van der Waals surface area contributed by atoms with Gasteiger partial charge in [-0.3, -0.25) is 5.41 Å². The van der Waals surface area contributed by atoms with Gasteiger partial charge in [0.2, 0.25) is 0 Å². The zero-order valence-electron chi connectivity index (χ0n) is 9.58. The van der Waals surface area contributed by atoms with Gasteiger partial charge in [-0.25, -0.2) is 4.39 Å². The highest BCUT2D eigenvalue weighted by Gasteiger charge is 2.10. The van der Waals surface area contributed by atoms with Gasteiger partial charge in [0.25, 0.3) is 0 Å². The summed E-state index contributed by atoms with van der Waals surface area (Å²) in [6, 6.07) is 9.16. The monoisotopic (exact) mass is 342 g/mol. The topological polar surface area (TPSA) is 59.1 Å². The molecule has 0 unspecified atom stereocenters. The summed E-state index contributed by atoms with van der Waals surface area (Å²) in [6.45, 7) is 0. The minimum Gasteiger partial charge on any atom is -0.456 e. The highest BCUT2D eigenvalue weighted by Crippen LogP contribution is 2.30. The van der Waals surface area contributed by atoms with Crippen molar-refractivity contribution < 1.29 is 9.13 Å². The molecular formula is C13H9BrClFN2O. The Morgan fingerprint density at radius 1 is 1.26 bits per heavy atom. The lowest BCUT2D eigenvalue weighted by Crippen LogP contribution is -2.12. The Bertz CT molecular complexity index is 649. The van der Waals surface area contributed by atoms with Crippen LogP contribution in [0, 0.1) is 11.2 Å². The zero-order chi connectivity index (χ0) is 14.0.